The molecule has 2 aromatic heterocycles. The molecule has 0 aliphatic carbocycles. The van der Waals surface area contributed by atoms with E-state index in [2.05, 4.69) is 15.3 Å². The fraction of sp³-hybridized carbons (Fsp3) is 0.133. The van der Waals surface area contributed by atoms with Gasteiger partial charge >= 0.3 is 0 Å². The first kappa shape index (κ1) is 15.8. The summed E-state index contributed by atoms with van der Waals surface area (Å²) in [5.74, 6) is -0.888. The molecular formula is C15H13N5O3S. The lowest BCUT2D eigenvalue weighted by Crippen LogP contribution is -2.28. The number of primary amides is 1. The molecule has 8 nitrogen and oxygen atoms in total. The maximum atomic E-state index is 12.2. The van der Waals surface area contributed by atoms with Crippen LogP contribution in [0.25, 0.3) is 11.0 Å². The largest absolute Gasteiger partial charge is 0.369 e. The van der Waals surface area contributed by atoms with Crippen molar-refractivity contribution >= 4 is 39.3 Å². The van der Waals surface area contributed by atoms with E-state index in [-0.39, 0.29) is 18.5 Å². The number of anilines is 1. The second-order valence-electron chi connectivity index (χ2n) is 5.01. The van der Waals surface area contributed by atoms with Crippen molar-refractivity contribution in [3.05, 3.63) is 51.9 Å². The number of hydrogen-bond acceptors (Lipinski definition) is 6. The highest BCUT2D eigenvalue weighted by molar-refractivity contribution is 7.13. The maximum absolute atomic E-state index is 12.2. The number of carbonyl (C=O) groups excluding carboxylic acids is 2. The van der Waals surface area contributed by atoms with Crippen LogP contribution in [-0.2, 0) is 22.6 Å². The Balaban J connectivity index is 1.78. The zero-order chi connectivity index (χ0) is 17.1. The molecule has 0 saturated carbocycles. The van der Waals surface area contributed by atoms with Gasteiger partial charge in [-0.15, -0.1) is 11.3 Å². The van der Waals surface area contributed by atoms with Crippen molar-refractivity contribution in [1.29, 1.82) is 0 Å². The van der Waals surface area contributed by atoms with Crippen molar-refractivity contribution in [2.75, 3.05) is 5.32 Å². The minimum Gasteiger partial charge on any atom is -0.369 e. The first-order valence-corrected chi connectivity index (χ1v) is 7.88. The molecule has 0 aliphatic heterocycles. The number of carbonyl (C=O) groups is 2. The molecule has 0 saturated heterocycles. The second-order valence-corrected chi connectivity index (χ2v) is 5.86. The molecule has 9 heteroatoms. The number of hydrogen-bond donors (Lipinski definition) is 2. The van der Waals surface area contributed by atoms with E-state index < -0.39 is 11.8 Å². The highest BCUT2D eigenvalue weighted by Gasteiger charge is 2.11. The van der Waals surface area contributed by atoms with E-state index in [1.165, 1.54) is 22.1 Å². The van der Waals surface area contributed by atoms with E-state index in [1.54, 1.807) is 29.6 Å². The number of nitrogens with one attached hydrogen (secondary N) is 1. The molecule has 0 fully saturated rings. The van der Waals surface area contributed by atoms with E-state index in [4.69, 9.17) is 5.73 Å². The summed E-state index contributed by atoms with van der Waals surface area (Å²) in [5, 5.41) is 4.61. The minimum atomic E-state index is -0.493. The van der Waals surface area contributed by atoms with Gasteiger partial charge in [-0.1, -0.05) is 12.1 Å². The number of thiazole rings is 1. The number of rotatable bonds is 5. The van der Waals surface area contributed by atoms with Gasteiger partial charge in [0, 0.05) is 5.38 Å². The van der Waals surface area contributed by atoms with Crippen LogP contribution in [0.4, 0.5) is 5.13 Å². The Hall–Kier alpha value is -3.07. The number of para-hydroxylation sites is 2. The Labute approximate surface area is 140 Å². The Morgan fingerprint density at radius 2 is 2.08 bits per heavy atom. The smallest absolute Gasteiger partial charge is 0.269 e. The molecule has 2 heterocycles. The van der Waals surface area contributed by atoms with Gasteiger partial charge in [-0.25, -0.2) is 9.97 Å². The first-order valence-electron chi connectivity index (χ1n) is 7.00. The first-order chi connectivity index (χ1) is 11.5. The van der Waals surface area contributed by atoms with Crippen LogP contribution in [0.1, 0.15) is 5.69 Å². The predicted octanol–water partition coefficient (Wildman–Crippen LogP) is 0.519. The number of fused-ring (bicyclic) bond motifs is 1. The number of nitrogens with two attached hydrogens (primary N) is 1. The van der Waals surface area contributed by atoms with E-state index in [9.17, 15) is 14.4 Å². The summed E-state index contributed by atoms with van der Waals surface area (Å²) in [7, 11) is 0. The van der Waals surface area contributed by atoms with Crippen LogP contribution >= 0.6 is 11.3 Å². The zero-order valence-electron chi connectivity index (χ0n) is 12.4. The van der Waals surface area contributed by atoms with E-state index in [0.717, 1.165) is 0 Å². The van der Waals surface area contributed by atoms with Crippen LogP contribution in [0.2, 0.25) is 0 Å². The number of aromatic nitrogens is 3. The number of amides is 2. The molecule has 0 aliphatic rings. The summed E-state index contributed by atoms with van der Waals surface area (Å²) in [5.41, 5.74) is 6.44. The third-order valence-electron chi connectivity index (χ3n) is 3.21. The molecule has 2 amide bonds. The summed E-state index contributed by atoms with van der Waals surface area (Å²) < 4.78 is 1.34. The van der Waals surface area contributed by atoms with E-state index in [0.29, 0.717) is 21.9 Å². The summed E-state index contributed by atoms with van der Waals surface area (Å²) in [6, 6.07) is 7.07. The Morgan fingerprint density at radius 1 is 1.29 bits per heavy atom. The highest BCUT2D eigenvalue weighted by atomic mass is 32.1. The van der Waals surface area contributed by atoms with Crippen molar-refractivity contribution in [2.24, 2.45) is 5.73 Å². The third-order valence-corrected chi connectivity index (χ3v) is 4.01. The molecule has 0 bridgehead atoms. The Bertz CT molecular complexity index is 978. The molecule has 122 valence electrons. The lowest BCUT2D eigenvalue weighted by Gasteiger charge is -2.08. The summed E-state index contributed by atoms with van der Waals surface area (Å²) in [6.07, 6.45) is 1.20. The molecule has 1 aromatic carbocycles. The number of nitrogens with zero attached hydrogens (tertiary/aromatic N) is 3. The topological polar surface area (TPSA) is 120 Å². The van der Waals surface area contributed by atoms with Gasteiger partial charge in [0.25, 0.3) is 5.56 Å². The van der Waals surface area contributed by atoms with Gasteiger partial charge in [0.2, 0.25) is 11.8 Å². The fourth-order valence-electron chi connectivity index (χ4n) is 2.20. The van der Waals surface area contributed by atoms with Crippen molar-refractivity contribution < 1.29 is 9.59 Å². The Kier molecular flexibility index (Phi) is 4.34. The van der Waals surface area contributed by atoms with Gasteiger partial charge in [0.1, 0.15) is 6.54 Å². The van der Waals surface area contributed by atoms with Crippen LogP contribution in [0.15, 0.2) is 40.6 Å². The third kappa shape index (κ3) is 3.46. The molecule has 3 N–H and O–H groups in total. The van der Waals surface area contributed by atoms with Gasteiger partial charge in [-0.05, 0) is 12.1 Å². The normalized spacial score (nSPS) is 10.7. The predicted molar refractivity (Wildman–Crippen MR) is 89.6 cm³/mol. The zero-order valence-corrected chi connectivity index (χ0v) is 13.2. The van der Waals surface area contributed by atoms with E-state index >= 15 is 0 Å². The van der Waals surface area contributed by atoms with Crippen LogP contribution in [-0.4, -0.2) is 26.3 Å². The molecule has 24 heavy (non-hydrogen) atoms. The van der Waals surface area contributed by atoms with Gasteiger partial charge in [0.15, 0.2) is 5.13 Å². The van der Waals surface area contributed by atoms with Crippen molar-refractivity contribution in [3.63, 3.8) is 0 Å². The second kappa shape index (κ2) is 6.59. The van der Waals surface area contributed by atoms with Gasteiger partial charge in [-0.3, -0.25) is 19.0 Å². The lowest BCUT2D eigenvalue weighted by molar-refractivity contribution is -0.117. The van der Waals surface area contributed by atoms with Gasteiger partial charge < -0.3 is 11.1 Å². The van der Waals surface area contributed by atoms with Crippen LogP contribution in [0.3, 0.4) is 0 Å². The summed E-state index contributed by atoms with van der Waals surface area (Å²) >= 11 is 1.19. The van der Waals surface area contributed by atoms with Crippen molar-refractivity contribution in [2.45, 2.75) is 13.0 Å². The molecule has 0 unspecified atom stereocenters. The monoisotopic (exact) mass is 343 g/mol. The minimum absolute atomic E-state index is 0.0147. The SMILES string of the molecule is NC(=O)Cc1csc(NC(=O)Cn2c(=O)cnc3ccccc32)n1. The van der Waals surface area contributed by atoms with E-state index in [1.807, 2.05) is 0 Å². The number of benzene rings is 1. The van der Waals surface area contributed by atoms with Gasteiger partial charge in [0.05, 0.1) is 29.3 Å². The average Bonchev–Trinajstić information content (AvgIpc) is 2.96. The van der Waals surface area contributed by atoms with Crippen molar-refractivity contribution in [3.8, 4) is 0 Å². The molecular weight excluding hydrogens is 330 g/mol. The molecule has 3 rings (SSSR count). The average molecular weight is 343 g/mol. The molecule has 0 spiro atoms. The quantitative estimate of drug-likeness (QED) is 0.700. The van der Waals surface area contributed by atoms with Gasteiger partial charge in [-0.2, -0.15) is 0 Å². The summed E-state index contributed by atoms with van der Waals surface area (Å²) in [6.45, 7) is -0.160. The molecule has 3 aromatic rings. The van der Waals surface area contributed by atoms with Crippen LogP contribution in [0, 0.1) is 0 Å². The summed E-state index contributed by atoms with van der Waals surface area (Å²) in [4.78, 5) is 43.2. The van der Waals surface area contributed by atoms with Crippen LogP contribution < -0.4 is 16.6 Å². The molecule has 0 atom stereocenters. The standard InChI is InChI=1S/C15H13N5O3S/c16-12(21)5-9-8-24-15(18-9)19-13(22)7-20-11-4-2-1-3-10(11)17-6-14(20)23/h1-4,6,8H,5,7H2,(H2,16,21)(H,18,19,22). The molecule has 0 radical (unpaired) electrons. The van der Waals surface area contributed by atoms with Crippen molar-refractivity contribution in [1.82, 2.24) is 14.5 Å². The maximum Gasteiger partial charge on any atom is 0.269 e. The highest BCUT2D eigenvalue weighted by Crippen LogP contribution is 2.16. The Morgan fingerprint density at radius 3 is 2.88 bits per heavy atom. The van der Waals surface area contributed by atoms with Crippen LogP contribution in [0.5, 0.6) is 0 Å². The fourth-order valence-corrected chi connectivity index (χ4v) is 2.93. The lowest BCUT2D eigenvalue weighted by atomic mass is 10.3.